The van der Waals surface area contributed by atoms with Crippen LogP contribution in [0.2, 0.25) is 0 Å². The molecule has 200 valence electrons. The molecule has 0 aromatic heterocycles. The summed E-state index contributed by atoms with van der Waals surface area (Å²) in [5, 5.41) is 17.8. The largest absolute Gasteiger partial charge is 0.497 e. The van der Waals surface area contributed by atoms with Gasteiger partial charge >= 0.3 is 6.03 Å². The highest BCUT2D eigenvalue weighted by Crippen LogP contribution is 2.44. The van der Waals surface area contributed by atoms with E-state index in [1.807, 2.05) is 0 Å². The summed E-state index contributed by atoms with van der Waals surface area (Å²) in [4.78, 5) is 30.6. The SMILES string of the molecule is COc1ccc(N2C(=O)Nc3ccc(Br)cc3[C@@]2(O)C(=O)NC[C@@H](C)CN2CCC(C)CC2)c(OC)c1. The van der Waals surface area contributed by atoms with Gasteiger partial charge in [-0.25, -0.2) is 9.69 Å². The summed E-state index contributed by atoms with van der Waals surface area (Å²) in [5.74, 6) is 0.989. The number of nitrogens with one attached hydrogen (secondary N) is 2. The number of aliphatic hydroxyl groups is 1. The van der Waals surface area contributed by atoms with Crippen LogP contribution in [0.4, 0.5) is 16.2 Å². The summed E-state index contributed by atoms with van der Waals surface area (Å²) in [6.45, 7) is 7.66. The number of carbonyl (C=O) groups is 2. The van der Waals surface area contributed by atoms with Crippen LogP contribution in [0.1, 0.15) is 32.3 Å². The third-order valence-corrected chi connectivity index (χ3v) is 7.62. The maximum Gasteiger partial charge on any atom is 0.329 e. The molecule has 1 saturated heterocycles. The van der Waals surface area contributed by atoms with E-state index in [-0.39, 0.29) is 22.9 Å². The molecule has 0 aliphatic carbocycles. The van der Waals surface area contributed by atoms with Gasteiger partial charge in [0.15, 0.2) is 0 Å². The Bertz CT molecular complexity index is 1150. The molecular formula is C27H35BrN4O5. The van der Waals surface area contributed by atoms with Gasteiger partial charge < -0.3 is 30.1 Å². The number of nitrogens with zero attached hydrogens (tertiary/aromatic N) is 2. The molecule has 1 fully saturated rings. The summed E-state index contributed by atoms with van der Waals surface area (Å²) in [7, 11) is 2.97. The number of methoxy groups -OCH3 is 2. The van der Waals surface area contributed by atoms with Gasteiger partial charge in [0.2, 0.25) is 0 Å². The number of fused-ring (bicyclic) bond motifs is 1. The Balaban J connectivity index is 1.65. The molecule has 3 N–H and O–H groups in total. The molecule has 0 bridgehead atoms. The van der Waals surface area contributed by atoms with Crippen LogP contribution in [-0.2, 0) is 10.5 Å². The molecule has 0 saturated carbocycles. The molecule has 2 aliphatic rings. The van der Waals surface area contributed by atoms with Gasteiger partial charge in [-0.3, -0.25) is 4.79 Å². The molecule has 4 rings (SSSR count). The van der Waals surface area contributed by atoms with E-state index in [2.05, 4.69) is 45.3 Å². The Morgan fingerprint density at radius 1 is 1.22 bits per heavy atom. The smallest absolute Gasteiger partial charge is 0.329 e. The highest BCUT2D eigenvalue weighted by molar-refractivity contribution is 9.10. The Morgan fingerprint density at radius 3 is 2.62 bits per heavy atom. The van der Waals surface area contributed by atoms with Crippen molar-refractivity contribution in [3.05, 3.63) is 46.4 Å². The molecule has 3 amide bonds. The van der Waals surface area contributed by atoms with E-state index >= 15 is 0 Å². The van der Waals surface area contributed by atoms with Crippen LogP contribution in [0.3, 0.4) is 0 Å². The van der Waals surface area contributed by atoms with Gasteiger partial charge in [0.25, 0.3) is 11.6 Å². The number of hydrogen-bond donors (Lipinski definition) is 3. The zero-order valence-electron chi connectivity index (χ0n) is 21.7. The molecule has 2 heterocycles. The van der Waals surface area contributed by atoms with Gasteiger partial charge in [0, 0.05) is 29.2 Å². The summed E-state index contributed by atoms with van der Waals surface area (Å²) in [6.07, 6.45) is 2.36. The van der Waals surface area contributed by atoms with E-state index < -0.39 is 17.7 Å². The zero-order chi connectivity index (χ0) is 26.7. The van der Waals surface area contributed by atoms with Gasteiger partial charge in [-0.1, -0.05) is 29.8 Å². The lowest BCUT2D eigenvalue weighted by molar-refractivity contribution is -0.140. The van der Waals surface area contributed by atoms with Gasteiger partial charge in [-0.2, -0.15) is 0 Å². The number of piperidine rings is 1. The second-order valence-corrected chi connectivity index (χ2v) is 10.9. The van der Waals surface area contributed by atoms with Crippen LogP contribution in [0, 0.1) is 11.8 Å². The van der Waals surface area contributed by atoms with Crippen LogP contribution in [0.5, 0.6) is 11.5 Å². The fraction of sp³-hybridized carbons (Fsp3) is 0.481. The van der Waals surface area contributed by atoms with E-state index in [0.717, 1.165) is 30.5 Å². The number of benzene rings is 2. The lowest BCUT2D eigenvalue weighted by Crippen LogP contribution is -2.63. The Kier molecular flexibility index (Phi) is 8.30. The number of hydrogen-bond acceptors (Lipinski definition) is 6. The van der Waals surface area contributed by atoms with Crippen LogP contribution in [-0.4, -0.2) is 62.3 Å². The summed E-state index contributed by atoms with van der Waals surface area (Å²) >= 11 is 3.43. The maximum atomic E-state index is 13.8. The first-order valence-corrected chi connectivity index (χ1v) is 13.3. The van der Waals surface area contributed by atoms with Crippen molar-refractivity contribution in [2.75, 3.05) is 50.6 Å². The van der Waals surface area contributed by atoms with Gasteiger partial charge in [0.1, 0.15) is 11.5 Å². The molecule has 10 heteroatoms. The Morgan fingerprint density at radius 2 is 1.95 bits per heavy atom. The average Bonchev–Trinajstić information content (AvgIpc) is 2.89. The molecule has 0 spiro atoms. The van der Waals surface area contributed by atoms with E-state index in [4.69, 9.17) is 9.47 Å². The molecule has 2 atom stereocenters. The highest BCUT2D eigenvalue weighted by Gasteiger charge is 2.53. The third-order valence-electron chi connectivity index (χ3n) is 7.13. The van der Waals surface area contributed by atoms with E-state index in [0.29, 0.717) is 22.5 Å². The standard InChI is InChI=1S/C27H35BrN4O5/c1-17-9-11-31(12-10-17)16-18(2)15-29-25(33)27(35)21-13-19(28)5-7-22(21)30-26(34)32(27)23-8-6-20(36-3)14-24(23)37-4/h5-8,13-14,17-18,35H,9-12,15-16H2,1-4H3,(H,29,33)(H,30,34)/t18-,27-/m1/s1. The number of rotatable bonds is 8. The first-order chi connectivity index (χ1) is 17.7. The fourth-order valence-electron chi connectivity index (χ4n) is 4.97. The van der Waals surface area contributed by atoms with Crippen LogP contribution in [0.25, 0.3) is 0 Å². The van der Waals surface area contributed by atoms with Crippen molar-refractivity contribution in [3.8, 4) is 11.5 Å². The van der Waals surface area contributed by atoms with Crippen LogP contribution >= 0.6 is 15.9 Å². The number of anilines is 2. The predicted molar refractivity (Wildman–Crippen MR) is 146 cm³/mol. The van der Waals surface area contributed by atoms with Crippen LogP contribution < -0.4 is 25.0 Å². The topological polar surface area (TPSA) is 103 Å². The lowest BCUT2D eigenvalue weighted by atomic mass is 9.94. The Hall–Kier alpha value is -2.82. The minimum atomic E-state index is -2.33. The molecular weight excluding hydrogens is 540 g/mol. The van der Waals surface area contributed by atoms with Crippen molar-refractivity contribution in [2.24, 2.45) is 11.8 Å². The van der Waals surface area contributed by atoms with Crippen molar-refractivity contribution in [3.63, 3.8) is 0 Å². The molecule has 0 unspecified atom stereocenters. The minimum absolute atomic E-state index is 0.157. The molecule has 2 aromatic carbocycles. The van der Waals surface area contributed by atoms with Crippen molar-refractivity contribution >= 4 is 39.2 Å². The summed E-state index contributed by atoms with van der Waals surface area (Å²) in [5.41, 5.74) is -1.51. The lowest BCUT2D eigenvalue weighted by Gasteiger charge is -2.43. The molecule has 0 radical (unpaired) electrons. The predicted octanol–water partition coefficient (Wildman–Crippen LogP) is 4.15. The zero-order valence-corrected chi connectivity index (χ0v) is 23.3. The number of halogens is 1. The van der Waals surface area contributed by atoms with E-state index in [1.165, 1.54) is 27.1 Å². The van der Waals surface area contributed by atoms with E-state index in [1.54, 1.807) is 36.4 Å². The third kappa shape index (κ3) is 5.56. The summed E-state index contributed by atoms with van der Waals surface area (Å²) < 4.78 is 11.4. The van der Waals surface area contributed by atoms with Crippen LogP contribution in [0.15, 0.2) is 40.9 Å². The van der Waals surface area contributed by atoms with Crippen molar-refractivity contribution in [2.45, 2.75) is 32.4 Å². The number of carbonyl (C=O) groups excluding carboxylic acids is 2. The maximum absolute atomic E-state index is 13.8. The second-order valence-electron chi connectivity index (χ2n) is 9.96. The highest BCUT2D eigenvalue weighted by atomic mass is 79.9. The first-order valence-electron chi connectivity index (χ1n) is 12.5. The van der Waals surface area contributed by atoms with Crippen molar-refractivity contribution < 1.29 is 24.2 Å². The Labute approximate surface area is 226 Å². The number of amides is 3. The first kappa shape index (κ1) is 27.2. The molecule has 2 aliphatic heterocycles. The molecule has 2 aromatic rings. The minimum Gasteiger partial charge on any atom is -0.497 e. The number of likely N-dealkylation sites (tertiary alicyclic amines) is 1. The fourth-order valence-corrected chi connectivity index (χ4v) is 5.33. The monoisotopic (exact) mass is 574 g/mol. The molecule has 37 heavy (non-hydrogen) atoms. The van der Waals surface area contributed by atoms with Gasteiger partial charge in [0.05, 0.1) is 25.6 Å². The van der Waals surface area contributed by atoms with E-state index in [9.17, 15) is 14.7 Å². The van der Waals surface area contributed by atoms with Crippen molar-refractivity contribution in [1.29, 1.82) is 0 Å². The average molecular weight is 576 g/mol. The van der Waals surface area contributed by atoms with Gasteiger partial charge in [-0.15, -0.1) is 0 Å². The molecule has 9 nitrogen and oxygen atoms in total. The number of urea groups is 1. The quantitative estimate of drug-likeness (QED) is 0.437. The second kappa shape index (κ2) is 11.3. The van der Waals surface area contributed by atoms with Gasteiger partial charge in [-0.05, 0) is 68.1 Å². The van der Waals surface area contributed by atoms with Crippen molar-refractivity contribution in [1.82, 2.24) is 10.2 Å². The normalized spacial score (nSPS) is 21.1. The summed E-state index contributed by atoms with van der Waals surface area (Å²) in [6, 6.07) is 9.18. The number of ether oxygens (including phenoxy) is 2.